The molecule has 132 valence electrons. The summed E-state index contributed by atoms with van der Waals surface area (Å²) in [5.74, 6) is -0.787. The summed E-state index contributed by atoms with van der Waals surface area (Å²) in [5.41, 5.74) is 0.105. The maximum atomic E-state index is 14.0. The van der Waals surface area contributed by atoms with Gasteiger partial charge in [0.1, 0.15) is 12.1 Å². The van der Waals surface area contributed by atoms with E-state index in [0.717, 1.165) is 31.7 Å². The number of piperidine rings is 1. The number of carbonyl (C=O) groups excluding carboxylic acids is 1. The van der Waals surface area contributed by atoms with Gasteiger partial charge in [-0.25, -0.2) is 4.39 Å². The zero-order chi connectivity index (χ0) is 17.8. The number of carbonyl (C=O) groups is 1. The van der Waals surface area contributed by atoms with E-state index in [4.69, 9.17) is 9.15 Å². The van der Waals surface area contributed by atoms with Crippen molar-refractivity contribution in [3.63, 3.8) is 0 Å². The normalized spacial score (nSPS) is 17.2. The molecule has 1 aromatic heterocycles. The lowest BCUT2D eigenvalue weighted by molar-refractivity contribution is 0.0902. The highest BCUT2D eigenvalue weighted by atomic mass is 19.1. The van der Waals surface area contributed by atoms with Crippen molar-refractivity contribution in [2.75, 3.05) is 25.1 Å². The van der Waals surface area contributed by atoms with Gasteiger partial charge in [-0.15, -0.1) is 0 Å². The smallest absolute Gasteiger partial charge is 0.287 e. The van der Waals surface area contributed by atoms with Crippen molar-refractivity contribution < 1.29 is 18.3 Å². The van der Waals surface area contributed by atoms with E-state index >= 15 is 0 Å². The molecule has 25 heavy (non-hydrogen) atoms. The van der Waals surface area contributed by atoms with Crippen molar-refractivity contribution in [2.24, 2.45) is 0 Å². The van der Waals surface area contributed by atoms with Crippen molar-refractivity contribution in [2.45, 2.75) is 18.9 Å². The predicted octanol–water partition coefficient (Wildman–Crippen LogP) is 2.19. The number of amides is 1. The van der Waals surface area contributed by atoms with Gasteiger partial charge in [0.05, 0.1) is 12.8 Å². The highest BCUT2D eigenvalue weighted by molar-refractivity contribution is 5.91. The molecular formula is C18H19FN2O4. The molecule has 0 radical (unpaired) electrons. The number of nitrogens with zero attached hydrogens (tertiary/aromatic N) is 1. The first-order chi connectivity index (χ1) is 12.1. The number of methoxy groups -OCH3 is 1. The number of rotatable bonds is 4. The molecule has 1 unspecified atom stereocenters. The molecule has 0 saturated carbocycles. The third-order valence-corrected chi connectivity index (χ3v) is 4.19. The highest BCUT2D eigenvalue weighted by Crippen LogP contribution is 2.23. The number of hydrogen-bond acceptors (Lipinski definition) is 5. The molecule has 1 aliphatic rings. The summed E-state index contributed by atoms with van der Waals surface area (Å²) < 4.78 is 23.9. The first kappa shape index (κ1) is 17.0. The number of halogens is 1. The summed E-state index contributed by atoms with van der Waals surface area (Å²) in [6.45, 7) is 1.22. The average molecular weight is 346 g/mol. The molecule has 0 bridgehead atoms. The molecule has 0 spiro atoms. The fraction of sp³-hybridized carbons (Fsp3) is 0.333. The molecule has 7 heteroatoms. The Hall–Kier alpha value is -2.83. The van der Waals surface area contributed by atoms with E-state index in [1.807, 2.05) is 4.90 Å². The van der Waals surface area contributed by atoms with Crippen LogP contribution in [0.4, 0.5) is 10.1 Å². The van der Waals surface area contributed by atoms with Gasteiger partial charge in [-0.05, 0) is 25.0 Å². The maximum absolute atomic E-state index is 14.0. The van der Waals surface area contributed by atoms with Crippen LogP contribution in [-0.4, -0.2) is 32.1 Å². The second-order valence-corrected chi connectivity index (χ2v) is 5.89. The molecular weight excluding hydrogens is 327 g/mol. The Bertz CT molecular complexity index is 821. The van der Waals surface area contributed by atoms with Crippen LogP contribution < -0.4 is 20.4 Å². The molecule has 0 aliphatic carbocycles. The van der Waals surface area contributed by atoms with Gasteiger partial charge >= 0.3 is 0 Å². The van der Waals surface area contributed by atoms with Crippen LogP contribution in [0.2, 0.25) is 0 Å². The van der Waals surface area contributed by atoms with Crippen molar-refractivity contribution in [3.8, 4) is 5.75 Å². The highest BCUT2D eigenvalue weighted by Gasteiger charge is 2.24. The van der Waals surface area contributed by atoms with Crippen LogP contribution >= 0.6 is 0 Å². The zero-order valence-corrected chi connectivity index (χ0v) is 13.8. The minimum atomic E-state index is -0.472. The molecule has 1 aliphatic heterocycles. The predicted molar refractivity (Wildman–Crippen MR) is 90.6 cm³/mol. The van der Waals surface area contributed by atoms with Crippen molar-refractivity contribution in [1.29, 1.82) is 0 Å². The Balaban J connectivity index is 1.68. The zero-order valence-electron chi connectivity index (χ0n) is 13.8. The van der Waals surface area contributed by atoms with E-state index in [1.54, 1.807) is 18.2 Å². The lowest BCUT2D eigenvalue weighted by Gasteiger charge is -2.34. The van der Waals surface area contributed by atoms with Crippen LogP contribution in [-0.2, 0) is 0 Å². The summed E-state index contributed by atoms with van der Waals surface area (Å²) >= 11 is 0. The lowest BCUT2D eigenvalue weighted by Crippen LogP contribution is -2.48. The number of ether oxygens (including phenoxy) is 1. The van der Waals surface area contributed by atoms with E-state index in [1.165, 1.54) is 13.2 Å². The summed E-state index contributed by atoms with van der Waals surface area (Å²) in [6.07, 6.45) is 2.71. The topological polar surface area (TPSA) is 71.8 Å². The van der Waals surface area contributed by atoms with Gasteiger partial charge in [0.2, 0.25) is 11.2 Å². The van der Waals surface area contributed by atoms with Gasteiger partial charge in [-0.3, -0.25) is 9.59 Å². The molecule has 1 N–H and O–H groups in total. The quantitative estimate of drug-likeness (QED) is 0.919. The Morgan fingerprint density at radius 3 is 2.92 bits per heavy atom. The minimum Gasteiger partial charge on any atom is -0.490 e. The maximum Gasteiger partial charge on any atom is 0.287 e. The van der Waals surface area contributed by atoms with Crippen molar-refractivity contribution >= 4 is 11.6 Å². The van der Waals surface area contributed by atoms with Crippen LogP contribution in [0.5, 0.6) is 5.75 Å². The molecule has 1 saturated heterocycles. The molecule has 2 heterocycles. The molecule has 3 rings (SSSR count). The number of anilines is 1. The molecule has 1 atom stereocenters. The van der Waals surface area contributed by atoms with Crippen LogP contribution in [0.1, 0.15) is 23.4 Å². The fourth-order valence-corrected chi connectivity index (χ4v) is 2.95. The van der Waals surface area contributed by atoms with Gasteiger partial charge in [0.25, 0.3) is 5.91 Å². The van der Waals surface area contributed by atoms with Crippen LogP contribution in [0, 0.1) is 5.82 Å². The van der Waals surface area contributed by atoms with Crippen LogP contribution in [0.3, 0.4) is 0 Å². The van der Waals surface area contributed by atoms with E-state index in [9.17, 15) is 14.0 Å². The third-order valence-electron chi connectivity index (χ3n) is 4.19. The standard InChI is InChI=1S/C18H19FN2O4/c1-24-17-11-25-16(9-15(17)22)18(23)20-12-5-4-8-21(10-12)14-7-3-2-6-13(14)19/h2-3,6-7,9,11-12H,4-5,8,10H2,1H3,(H,20,23). The summed E-state index contributed by atoms with van der Waals surface area (Å²) in [7, 11) is 1.35. The number of para-hydroxylation sites is 1. The Morgan fingerprint density at radius 2 is 2.20 bits per heavy atom. The minimum absolute atomic E-state index is 0.0416. The molecule has 1 fully saturated rings. The van der Waals surface area contributed by atoms with E-state index in [-0.39, 0.29) is 23.4 Å². The summed E-state index contributed by atoms with van der Waals surface area (Å²) in [4.78, 5) is 25.9. The first-order valence-corrected chi connectivity index (χ1v) is 8.05. The van der Waals surface area contributed by atoms with Crippen molar-refractivity contribution in [1.82, 2.24) is 5.32 Å². The van der Waals surface area contributed by atoms with E-state index in [2.05, 4.69) is 5.32 Å². The summed E-state index contributed by atoms with van der Waals surface area (Å²) in [6, 6.07) is 7.52. The van der Waals surface area contributed by atoms with E-state index in [0.29, 0.717) is 12.2 Å². The Kier molecular flexibility index (Phi) is 5.02. The van der Waals surface area contributed by atoms with Crippen LogP contribution in [0.15, 0.2) is 45.8 Å². The van der Waals surface area contributed by atoms with Gasteiger partial charge in [-0.2, -0.15) is 0 Å². The fourth-order valence-electron chi connectivity index (χ4n) is 2.95. The molecule has 6 nitrogen and oxygen atoms in total. The van der Waals surface area contributed by atoms with E-state index < -0.39 is 11.3 Å². The second kappa shape index (κ2) is 7.38. The number of benzene rings is 1. The Labute approximate surface area is 144 Å². The van der Waals surface area contributed by atoms with Gasteiger partial charge in [-0.1, -0.05) is 12.1 Å². The number of nitrogens with one attached hydrogen (secondary N) is 1. The van der Waals surface area contributed by atoms with Crippen LogP contribution in [0.25, 0.3) is 0 Å². The second-order valence-electron chi connectivity index (χ2n) is 5.89. The molecule has 1 amide bonds. The largest absolute Gasteiger partial charge is 0.490 e. The first-order valence-electron chi connectivity index (χ1n) is 8.05. The number of hydrogen-bond donors (Lipinski definition) is 1. The summed E-state index contributed by atoms with van der Waals surface area (Å²) in [5, 5.41) is 2.84. The van der Waals surface area contributed by atoms with Gasteiger partial charge in [0.15, 0.2) is 5.76 Å². The van der Waals surface area contributed by atoms with Gasteiger partial charge in [0, 0.05) is 25.2 Å². The Morgan fingerprint density at radius 1 is 1.40 bits per heavy atom. The lowest BCUT2D eigenvalue weighted by atomic mass is 10.0. The monoisotopic (exact) mass is 346 g/mol. The average Bonchev–Trinajstić information content (AvgIpc) is 2.62. The third kappa shape index (κ3) is 3.81. The van der Waals surface area contributed by atoms with Crippen molar-refractivity contribution in [3.05, 3.63) is 58.4 Å². The van der Waals surface area contributed by atoms with Gasteiger partial charge < -0.3 is 19.4 Å². The SMILES string of the molecule is COc1coc(C(=O)NC2CCCN(c3ccccc3F)C2)cc1=O. The molecule has 2 aromatic rings. The molecule has 1 aromatic carbocycles.